The summed E-state index contributed by atoms with van der Waals surface area (Å²) in [6.45, 7) is -0.153. The largest absolute Gasteiger partial charge is 0.496 e. The molecule has 0 radical (unpaired) electrons. The van der Waals surface area contributed by atoms with Crippen LogP contribution in [-0.4, -0.2) is 48.4 Å². The van der Waals surface area contributed by atoms with Gasteiger partial charge in [0.15, 0.2) is 5.65 Å². The number of sulfonamides is 1. The molecule has 0 unspecified atom stereocenters. The molecule has 11 heteroatoms. The maximum absolute atomic E-state index is 14.3. The monoisotopic (exact) mass is 471 g/mol. The summed E-state index contributed by atoms with van der Waals surface area (Å²) in [5.74, 6) is 0.723. The number of ether oxygens (including phenoxy) is 1. The number of aliphatic hydroxyl groups is 1. The Morgan fingerprint density at radius 1 is 1.12 bits per heavy atom. The standard InChI is InChI=1S/C22H22FN5O4S/c1-32-20-4-2-3-19(23)18(20)13-24-21-10-9-17(22-27-25-14-28(21)22)15-5-7-16(8-6-15)33(30,31)26-11-12-29/h2-10,14,24,26,29H,11-13H2,1H3. The molecule has 4 rings (SSSR count). The zero-order valence-corrected chi connectivity index (χ0v) is 18.5. The lowest BCUT2D eigenvalue weighted by molar-refractivity contribution is 0.301. The van der Waals surface area contributed by atoms with E-state index in [1.807, 2.05) is 12.1 Å². The highest BCUT2D eigenvalue weighted by Gasteiger charge is 2.15. The molecule has 0 aliphatic heterocycles. The van der Waals surface area contributed by atoms with Crippen LogP contribution in [0.4, 0.5) is 10.2 Å². The second-order valence-electron chi connectivity index (χ2n) is 7.08. The van der Waals surface area contributed by atoms with Crippen molar-refractivity contribution >= 4 is 21.5 Å². The molecule has 0 aliphatic rings. The summed E-state index contributed by atoms with van der Waals surface area (Å²) in [5.41, 5.74) is 2.44. The van der Waals surface area contributed by atoms with Gasteiger partial charge in [0.25, 0.3) is 0 Å². The summed E-state index contributed by atoms with van der Waals surface area (Å²) in [5, 5.41) is 20.2. The highest BCUT2D eigenvalue weighted by atomic mass is 32.2. The number of nitrogens with one attached hydrogen (secondary N) is 2. The van der Waals surface area contributed by atoms with Crippen molar-refractivity contribution in [3.8, 4) is 16.9 Å². The van der Waals surface area contributed by atoms with Crippen molar-refractivity contribution in [2.45, 2.75) is 11.4 Å². The van der Waals surface area contributed by atoms with Crippen LogP contribution in [0.5, 0.6) is 5.75 Å². The van der Waals surface area contributed by atoms with E-state index < -0.39 is 10.0 Å². The van der Waals surface area contributed by atoms with Crippen LogP contribution in [0.2, 0.25) is 0 Å². The van der Waals surface area contributed by atoms with Crippen LogP contribution in [0, 0.1) is 5.82 Å². The molecule has 0 saturated heterocycles. The Labute approximate surface area is 189 Å². The first-order valence-corrected chi connectivity index (χ1v) is 11.5. The molecule has 0 spiro atoms. The van der Waals surface area contributed by atoms with E-state index in [1.54, 1.807) is 28.7 Å². The van der Waals surface area contributed by atoms with Gasteiger partial charge in [-0.15, -0.1) is 10.2 Å². The van der Waals surface area contributed by atoms with Gasteiger partial charge >= 0.3 is 0 Å². The zero-order chi connectivity index (χ0) is 23.4. The number of anilines is 1. The van der Waals surface area contributed by atoms with Crippen molar-refractivity contribution in [3.05, 3.63) is 72.3 Å². The van der Waals surface area contributed by atoms with E-state index >= 15 is 0 Å². The lowest BCUT2D eigenvalue weighted by Gasteiger charge is -2.14. The first-order chi connectivity index (χ1) is 15.9. The fourth-order valence-corrected chi connectivity index (χ4v) is 4.46. The Morgan fingerprint density at radius 3 is 2.64 bits per heavy atom. The maximum atomic E-state index is 14.3. The van der Waals surface area contributed by atoms with E-state index in [0.29, 0.717) is 22.8 Å². The Hall–Kier alpha value is -3.54. The average molecular weight is 472 g/mol. The van der Waals surface area contributed by atoms with Crippen LogP contribution in [0.25, 0.3) is 16.8 Å². The van der Waals surface area contributed by atoms with Gasteiger partial charge in [0.2, 0.25) is 10.0 Å². The molecule has 33 heavy (non-hydrogen) atoms. The molecule has 0 aliphatic carbocycles. The second kappa shape index (κ2) is 9.53. The van der Waals surface area contributed by atoms with Crippen molar-refractivity contribution < 1.29 is 22.7 Å². The van der Waals surface area contributed by atoms with Crippen LogP contribution < -0.4 is 14.8 Å². The smallest absolute Gasteiger partial charge is 0.240 e. The van der Waals surface area contributed by atoms with Crippen LogP contribution in [0.15, 0.2) is 65.8 Å². The average Bonchev–Trinajstić information content (AvgIpc) is 3.32. The first-order valence-electron chi connectivity index (χ1n) is 10.0. The molecule has 2 aromatic heterocycles. The number of rotatable bonds is 9. The summed E-state index contributed by atoms with van der Waals surface area (Å²) in [7, 11) is -2.21. The fourth-order valence-electron chi connectivity index (χ4n) is 3.44. The highest BCUT2D eigenvalue weighted by Crippen LogP contribution is 2.28. The molecule has 9 nitrogen and oxygen atoms in total. The molecule has 172 valence electrons. The molecular weight excluding hydrogens is 449 g/mol. The number of halogens is 1. The number of methoxy groups -OCH3 is 1. The summed E-state index contributed by atoms with van der Waals surface area (Å²) < 4.78 is 48.0. The number of aromatic nitrogens is 3. The van der Waals surface area contributed by atoms with Crippen LogP contribution in [0.1, 0.15) is 5.56 Å². The molecule has 0 fully saturated rings. The van der Waals surface area contributed by atoms with Crippen LogP contribution >= 0.6 is 0 Å². The topological polar surface area (TPSA) is 118 Å². The van der Waals surface area contributed by atoms with Gasteiger partial charge in [0.05, 0.1) is 18.6 Å². The minimum Gasteiger partial charge on any atom is -0.496 e. The maximum Gasteiger partial charge on any atom is 0.240 e. The third-order valence-electron chi connectivity index (χ3n) is 5.08. The van der Waals surface area contributed by atoms with Gasteiger partial charge in [-0.05, 0) is 42.0 Å². The van der Waals surface area contributed by atoms with E-state index in [-0.39, 0.29) is 30.4 Å². The molecule has 0 amide bonds. The fraction of sp³-hybridized carbons (Fsp3) is 0.182. The van der Waals surface area contributed by atoms with Crippen molar-refractivity contribution in [1.29, 1.82) is 0 Å². The van der Waals surface area contributed by atoms with Gasteiger partial charge in [0, 0.05) is 24.2 Å². The third-order valence-corrected chi connectivity index (χ3v) is 6.55. The minimum atomic E-state index is -3.70. The van der Waals surface area contributed by atoms with Gasteiger partial charge in [-0.3, -0.25) is 4.40 Å². The van der Waals surface area contributed by atoms with E-state index in [4.69, 9.17) is 9.84 Å². The van der Waals surface area contributed by atoms with E-state index in [0.717, 1.165) is 11.1 Å². The number of pyridine rings is 1. The molecule has 2 aromatic carbocycles. The SMILES string of the molecule is COc1cccc(F)c1CNc1ccc(-c2ccc(S(=O)(=O)NCCO)cc2)c2nncn12. The Balaban J connectivity index is 1.61. The lowest BCUT2D eigenvalue weighted by Crippen LogP contribution is -2.26. The van der Waals surface area contributed by atoms with Crippen molar-refractivity contribution in [1.82, 2.24) is 19.3 Å². The number of nitrogens with zero attached hydrogens (tertiary/aromatic N) is 3. The van der Waals surface area contributed by atoms with Gasteiger partial charge in [0.1, 0.15) is 23.7 Å². The van der Waals surface area contributed by atoms with Crippen LogP contribution in [-0.2, 0) is 16.6 Å². The minimum absolute atomic E-state index is 0.0579. The van der Waals surface area contributed by atoms with E-state index in [2.05, 4.69) is 20.2 Å². The number of hydrogen-bond acceptors (Lipinski definition) is 7. The Bertz CT molecular complexity index is 1370. The van der Waals surface area contributed by atoms with Gasteiger partial charge < -0.3 is 15.2 Å². The predicted molar refractivity (Wildman–Crippen MR) is 121 cm³/mol. The first kappa shape index (κ1) is 22.6. The normalized spacial score (nSPS) is 11.6. The number of fused-ring (bicyclic) bond motifs is 1. The molecular formula is C22H22FN5O4S. The summed E-state index contributed by atoms with van der Waals surface area (Å²) in [4.78, 5) is 0.0920. The Morgan fingerprint density at radius 2 is 1.91 bits per heavy atom. The van der Waals surface area contributed by atoms with E-state index in [9.17, 15) is 12.8 Å². The van der Waals surface area contributed by atoms with Crippen molar-refractivity contribution in [3.63, 3.8) is 0 Å². The second-order valence-corrected chi connectivity index (χ2v) is 8.84. The molecule has 2 heterocycles. The predicted octanol–water partition coefficient (Wildman–Crippen LogP) is 2.43. The molecule has 3 N–H and O–H groups in total. The summed E-state index contributed by atoms with van der Waals surface area (Å²) >= 11 is 0. The number of hydrogen-bond donors (Lipinski definition) is 3. The molecule has 0 saturated carbocycles. The zero-order valence-electron chi connectivity index (χ0n) is 17.7. The number of aliphatic hydroxyl groups excluding tert-OH is 1. The van der Waals surface area contributed by atoms with Gasteiger partial charge in [-0.25, -0.2) is 17.5 Å². The lowest BCUT2D eigenvalue weighted by atomic mass is 10.1. The van der Waals surface area contributed by atoms with E-state index in [1.165, 1.54) is 31.6 Å². The quantitative estimate of drug-likeness (QED) is 0.343. The number of benzene rings is 2. The van der Waals surface area contributed by atoms with Crippen LogP contribution in [0.3, 0.4) is 0 Å². The molecule has 0 bridgehead atoms. The van der Waals surface area contributed by atoms with Gasteiger partial charge in [-0.1, -0.05) is 18.2 Å². The van der Waals surface area contributed by atoms with Crippen molar-refractivity contribution in [2.75, 3.05) is 25.6 Å². The summed E-state index contributed by atoms with van der Waals surface area (Å²) in [6.07, 6.45) is 1.54. The highest BCUT2D eigenvalue weighted by molar-refractivity contribution is 7.89. The molecule has 4 aromatic rings. The third kappa shape index (κ3) is 4.65. The summed E-state index contributed by atoms with van der Waals surface area (Å²) in [6, 6.07) is 14.6. The Kier molecular flexibility index (Phi) is 6.54. The molecule has 0 atom stereocenters. The van der Waals surface area contributed by atoms with Gasteiger partial charge in [-0.2, -0.15) is 0 Å². The van der Waals surface area contributed by atoms with Crippen molar-refractivity contribution in [2.24, 2.45) is 0 Å².